The lowest BCUT2D eigenvalue weighted by Crippen LogP contribution is -2.47. The highest BCUT2D eigenvalue weighted by Crippen LogP contribution is 2.24. The molecule has 1 aliphatic heterocycles. The van der Waals surface area contributed by atoms with Crippen molar-refractivity contribution >= 4 is 11.9 Å². The number of piperidine rings is 1. The molecule has 0 bridgehead atoms. The molecule has 0 aromatic heterocycles. The van der Waals surface area contributed by atoms with Gasteiger partial charge >= 0.3 is 5.97 Å². The maximum absolute atomic E-state index is 12.5. The third kappa shape index (κ3) is 2.95. The van der Waals surface area contributed by atoms with Gasteiger partial charge in [-0.3, -0.25) is 9.59 Å². The topological polar surface area (TPSA) is 57.6 Å². The molecule has 4 nitrogen and oxygen atoms in total. The van der Waals surface area contributed by atoms with Crippen molar-refractivity contribution in [3.63, 3.8) is 0 Å². The van der Waals surface area contributed by atoms with Gasteiger partial charge in [0.05, 0.1) is 5.92 Å². The average Bonchev–Trinajstić information content (AvgIpc) is 2.38. The van der Waals surface area contributed by atoms with Crippen LogP contribution in [0.25, 0.3) is 0 Å². The van der Waals surface area contributed by atoms with Crippen molar-refractivity contribution in [2.75, 3.05) is 6.54 Å². The Morgan fingerprint density at radius 3 is 2.68 bits per heavy atom. The molecule has 1 fully saturated rings. The molecule has 0 saturated carbocycles. The fourth-order valence-corrected chi connectivity index (χ4v) is 2.54. The van der Waals surface area contributed by atoms with Crippen LogP contribution in [0.4, 0.5) is 0 Å². The summed E-state index contributed by atoms with van der Waals surface area (Å²) in [6.07, 6.45) is 1.39. The second-order valence-electron chi connectivity index (χ2n) is 5.29. The van der Waals surface area contributed by atoms with Gasteiger partial charge in [-0.25, -0.2) is 0 Å². The zero-order valence-corrected chi connectivity index (χ0v) is 11.3. The van der Waals surface area contributed by atoms with Gasteiger partial charge in [0.2, 0.25) is 0 Å². The molecule has 2 atom stereocenters. The third-order valence-electron chi connectivity index (χ3n) is 3.76. The van der Waals surface area contributed by atoms with E-state index in [1.165, 1.54) is 0 Å². The smallest absolute Gasteiger partial charge is 0.308 e. The van der Waals surface area contributed by atoms with E-state index >= 15 is 0 Å². The summed E-state index contributed by atoms with van der Waals surface area (Å²) in [6, 6.07) is 7.53. The number of carboxylic acid groups (broad SMARTS) is 1. The molecule has 19 heavy (non-hydrogen) atoms. The van der Waals surface area contributed by atoms with E-state index in [1.807, 2.05) is 32.0 Å². The highest BCUT2D eigenvalue weighted by Gasteiger charge is 2.32. The van der Waals surface area contributed by atoms with Gasteiger partial charge in [0.15, 0.2) is 0 Å². The second kappa shape index (κ2) is 5.43. The highest BCUT2D eigenvalue weighted by molar-refractivity contribution is 5.95. The summed E-state index contributed by atoms with van der Waals surface area (Å²) in [5.74, 6) is -1.32. The quantitative estimate of drug-likeness (QED) is 0.888. The van der Waals surface area contributed by atoms with Gasteiger partial charge < -0.3 is 10.0 Å². The van der Waals surface area contributed by atoms with Crippen LogP contribution in [-0.2, 0) is 4.79 Å². The standard InChI is InChI=1S/C15H19NO3/c1-10-4-3-5-12(8-10)14(17)16-9-13(15(18)19)7-6-11(16)2/h3-5,8,11,13H,6-7,9H2,1-2H3,(H,18,19). The van der Waals surface area contributed by atoms with E-state index in [0.717, 1.165) is 12.0 Å². The van der Waals surface area contributed by atoms with Crippen LogP contribution in [0, 0.1) is 12.8 Å². The molecule has 0 spiro atoms. The summed E-state index contributed by atoms with van der Waals surface area (Å²) in [5, 5.41) is 9.10. The zero-order chi connectivity index (χ0) is 14.0. The number of carboxylic acids is 1. The van der Waals surface area contributed by atoms with E-state index in [-0.39, 0.29) is 11.9 Å². The van der Waals surface area contributed by atoms with Gasteiger partial charge in [0.25, 0.3) is 5.91 Å². The number of hydrogen-bond acceptors (Lipinski definition) is 2. The molecule has 0 radical (unpaired) electrons. The normalized spacial score (nSPS) is 23.2. The Labute approximate surface area is 113 Å². The summed E-state index contributed by atoms with van der Waals surface area (Å²) in [7, 11) is 0. The minimum Gasteiger partial charge on any atom is -0.481 e. The molecule has 1 aromatic rings. The lowest BCUT2D eigenvalue weighted by Gasteiger charge is -2.36. The Bertz CT molecular complexity index is 498. The Morgan fingerprint density at radius 1 is 1.32 bits per heavy atom. The molecule has 1 aliphatic rings. The van der Waals surface area contributed by atoms with Gasteiger partial charge in [-0.2, -0.15) is 0 Å². The van der Waals surface area contributed by atoms with E-state index in [4.69, 9.17) is 5.11 Å². The van der Waals surface area contributed by atoms with E-state index in [2.05, 4.69) is 0 Å². The number of aryl methyl sites for hydroxylation is 1. The highest BCUT2D eigenvalue weighted by atomic mass is 16.4. The summed E-state index contributed by atoms with van der Waals surface area (Å²) < 4.78 is 0. The van der Waals surface area contributed by atoms with Gasteiger partial charge in [-0.1, -0.05) is 17.7 Å². The Morgan fingerprint density at radius 2 is 2.05 bits per heavy atom. The third-order valence-corrected chi connectivity index (χ3v) is 3.76. The van der Waals surface area contributed by atoms with E-state index in [0.29, 0.717) is 18.5 Å². The number of aliphatic carboxylic acids is 1. The SMILES string of the molecule is Cc1cccc(C(=O)N2CC(C(=O)O)CCC2C)c1. The molecular weight excluding hydrogens is 242 g/mol. The van der Waals surface area contributed by atoms with Crippen LogP contribution >= 0.6 is 0 Å². The van der Waals surface area contributed by atoms with E-state index in [9.17, 15) is 9.59 Å². The first kappa shape index (κ1) is 13.6. The number of carbonyl (C=O) groups is 2. The summed E-state index contributed by atoms with van der Waals surface area (Å²) in [6.45, 7) is 4.23. The summed E-state index contributed by atoms with van der Waals surface area (Å²) in [5.41, 5.74) is 1.67. The number of benzene rings is 1. The van der Waals surface area contributed by atoms with Crippen LogP contribution in [0.1, 0.15) is 35.7 Å². The minimum absolute atomic E-state index is 0.0675. The molecule has 1 N–H and O–H groups in total. The molecule has 0 aliphatic carbocycles. The minimum atomic E-state index is -0.811. The second-order valence-corrected chi connectivity index (χ2v) is 5.29. The van der Waals surface area contributed by atoms with Crippen molar-refractivity contribution < 1.29 is 14.7 Å². The average molecular weight is 261 g/mol. The Balaban J connectivity index is 2.19. The Hall–Kier alpha value is -1.84. The van der Waals surface area contributed by atoms with E-state index < -0.39 is 11.9 Å². The molecule has 4 heteroatoms. The first-order valence-corrected chi connectivity index (χ1v) is 6.59. The number of rotatable bonds is 2. The van der Waals surface area contributed by atoms with Crippen molar-refractivity contribution in [1.29, 1.82) is 0 Å². The van der Waals surface area contributed by atoms with Crippen LogP contribution in [0.5, 0.6) is 0 Å². The maximum Gasteiger partial charge on any atom is 0.308 e. The number of carbonyl (C=O) groups excluding carboxylic acids is 1. The molecule has 1 saturated heterocycles. The van der Waals surface area contributed by atoms with Crippen LogP contribution in [0.15, 0.2) is 24.3 Å². The predicted molar refractivity (Wildman–Crippen MR) is 72.0 cm³/mol. The number of likely N-dealkylation sites (tertiary alicyclic amines) is 1. The van der Waals surface area contributed by atoms with Crippen LogP contribution in [0.2, 0.25) is 0 Å². The summed E-state index contributed by atoms with van der Waals surface area (Å²) >= 11 is 0. The van der Waals surface area contributed by atoms with Gasteiger partial charge in [-0.15, -0.1) is 0 Å². The number of amides is 1. The first-order valence-electron chi connectivity index (χ1n) is 6.59. The predicted octanol–water partition coefficient (Wildman–Crippen LogP) is 2.32. The zero-order valence-electron chi connectivity index (χ0n) is 11.3. The van der Waals surface area contributed by atoms with Crippen molar-refractivity contribution in [2.24, 2.45) is 5.92 Å². The van der Waals surface area contributed by atoms with Crippen LogP contribution in [-0.4, -0.2) is 34.5 Å². The van der Waals surface area contributed by atoms with Crippen molar-refractivity contribution in [1.82, 2.24) is 4.90 Å². The molecule has 2 unspecified atom stereocenters. The first-order chi connectivity index (χ1) is 8.99. The fraction of sp³-hybridized carbons (Fsp3) is 0.467. The van der Waals surface area contributed by atoms with Crippen LogP contribution in [0.3, 0.4) is 0 Å². The van der Waals surface area contributed by atoms with E-state index in [1.54, 1.807) is 11.0 Å². The Kier molecular flexibility index (Phi) is 3.88. The van der Waals surface area contributed by atoms with Crippen molar-refractivity contribution in [2.45, 2.75) is 32.7 Å². The van der Waals surface area contributed by atoms with Crippen molar-refractivity contribution in [3.05, 3.63) is 35.4 Å². The van der Waals surface area contributed by atoms with Gasteiger partial charge in [0.1, 0.15) is 0 Å². The lowest BCUT2D eigenvalue weighted by molar-refractivity contribution is -0.143. The number of nitrogens with zero attached hydrogens (tertiary/aromatic N) is 1. The molecular formula is C15H19NO3. The molecule has 1 aromatic carbocycles. The lowest BCUT2D eigenvalue weighted by atomic mass is 9.93. The van der Waals surface area contributed by atoms with Gasteiger partial charge in [-0.05, 0) is 38.8 Å². The molecule has 1 amide bonds. The number of hydrogen-bond donors (Lipinski definition) is 1. The van der Waals surface area contributed by atoms with Crippen LogP contribution < -0.4 is 0 Å². The monoisotopic (exact) mass is 261 g/mol. The maximum atomic E-state index is 12.5. The largest absolute Gasteiger partial charge is 0.481 e. The molecule has 2 rings (SSSR count). The molecule has 102 valence electrons. The molecule has 1 heterocycles. The fourth-order valence-electron chi connectivity index (χ4n) is 2.54. The summed E-state index contributed by atoms with van der Waals surface area (Å²) in [4.78, 5) is 25.2. The van der Waals surface area contributed by atoms with Gasteiger partial charge in [0, 0.05) is 18.2 Å². The van der Waals surface area contributed by atoms with Crippen molar-refractivity contribution in [3.8, 4) is 0 Å².